The molecule has 0 amide bonds. The lowest BCUT2D eigenvalue weighted by molar-refractivity contribution is 0.547. The number of aromatic nitrogens is 4. The van der Waals surface area contributed by atoms with Crippen LogP contribution in [0, 0.1) is 0 Å². The van der Waals surface area contributed by atoms with E-state index in [1.807, 2.05) is 72.8 Å². The third-order valence-corrected chi connectivity index (χ3v) is 12.6. The Morgan fingerprint density at radius 3 is 1.75 bits per heavy atom. The highest BCUT2D eigenvalue weighted by Crippen LogP contribution is 2.43. The van der Waals surface area contributed by atoms with E-state index in [1.165, 1.54) is 38.6 Å². The van der Waals surface area contributed by atoms with E-state index in [-0.39, 0.29) is 0 Å². The number of hydrogen-bond acceptors (Lipinski definition) is 5. The van der Waals surface area contributed by atoms with Gasteiger partial charge in [0, 0.05) is 61.3 Å². The van der Waals surface area contributed by atoms with Crippen LogP contribution in [0.25, 0.3) is 123 Å². The van der Waals surface area contributed by atoms with Gasteiger partial charge in [0.2, 0.25) is 0 Å². The summed E-state index contributed by atoms with van der Waals surface area (Å²) < 4.78 is 15.6. The Labute approximate surface area is 362 Å². The number of allylic oxidation sites excluding steroid dienone is 1. The highest BCUT2D eigenvalue weighted by atomic mass is 16.3. The van der Waals surface area contributed by atoms with Gasteiger partial charge >= 0.3 is 0 Å². The molecule has 0 unspecified atom stereocenters. The number of hydrogen-bond donors (Lipinski definition) is 0. The van der Waals surface area contributed by atoms with Crippen LogP contribution in [0.5, 0.6) is 0 Å². The molecule has 4 heterocycles. The van der Waals surface area contributed by atoms with Gasteiger partial charge in [-0.3, -0.25) is 0 Å². The summed E-state index contributed by atoms with van der Waals surface area (Å²) in [5, 5.41) is 5.78. The van der Waals surface area contributed by atoms with E-state index in [2.05, 4.69) is 126 Å². The van der Waals surface area contributed by atoms with Gasteiger partial charge in [0.05, 0.1) is 16.6 Å². The lowest BCUT2D eigenvalue weighted by Crippen LogP contribution is -2.03. The van der Waals surface area contributed by atoms with Crippen molar-refractivity contribution in [3.05, 3.63) is 199 Å². The Morgan fingerprint density at radius 2 is 0.968 bits per heavy atom. The molecule has 0 spiro atoms. The highest BCUT2D eigenvalue weighted by molar-refractivity contribution is 6.13. The zero-order valence-corrected chi connectivity index (χ0v) is 34.0. The third-order valence-electron chi connectivity index (χ3n) is 12.6. The molecule has 0 N–H and O–H groups in total. The number of aryl methyl sites for hydroxylation is 1. The quantitative estimate of drug-likeness (QED) is 0.167. The van der Waals surface area contributed by atoms with Crippen molar-refractivity contribution in [2.75, 3.05) is 0 Å². The topological polar surface area (TPSA) is 69.9 Å². The van der Waals surface area contributed by atoms with Crippen molar-refractivity contribution < 1.29 is 8.83 Å². The second-order valence-electron chi connectivity index (χ2n) is 16.2. The summed E-state index contributed by atoms with van der Waals surface area (Å²) in [7, 11) is 0. The van der Waals surface area contributed by atoms with Crippen LogP contribution in [0.3, 0.4) is 0 Å². The Hall–Kier alpha value is -8.35. The summed E-state index contributed by atoms with van der Waals surface area (Å²) in [4.78, 5) is 15.0. The first kappa shape index (κ1) is 35.4. The molecule has 0 fully saturated rings. The average Bonchev–Trinajstić information content (AvgIpc) is 4.04. The predicted molar refractivity (Wildman–Crippen MR) is 256 cm³/mol. The second kappa shape index (κ2) is 14.1. The standard InChI is InChI=1S/C57H36N4O2/c1-3-13-37(14-4-1)55-58-56(38-15-5-2-6-16-38)60-57(59-55)46-22-12-21-45-48-34-40(30-32-52(48)63-54(45)46)61-49-23-9-7-17-42(49)47-33-39(29-31-50(47)61)35-25-27-36(28-26-35)41-19-11-20-44-43-18-8-10-24-51(43)62-53(41)44/h1-29,31,33-34H,30,32H2. The number of fused-ring (bicyclic) bond motifs is 9. The fourth-order valence-corrected chi connectivity index (χ4v) is 9.57. The molecule has 6 nitrogen and oxygen atoms in total. The molecule has 0 radical (unpaired) electrons. The Balaban J connectivity index is 0.889. The molecule has 0 aliphatic heterocycles. The summed E-state index contributed by atoms with van der Waals surface area (Å²) in [5.41, 5.74) is 14.6. The number of rotatable bonds is 6. The summed E-state index contributed by atoms with van der Waals surface area (Å²) in [6.07, 6.45) is 3.93. The van der Waals surface area contributed by atoms with Crippen LogP contribution in [0.4, 0.5) is 0 Å². The zero-order valence-electron chi connectivity index (χ0n) is 34.0. The lowest BCUT2D eigenvalue weighted by atomic mass is 9.98. The van der Waals surface area contributed by atoms with Gasteiger partial charge in [-0.1, -0.05) is 158 Å². The molecule has 1 aliphatic carbocycles. The monoisotopic (exact) mass is 808 g/mol. The molecule has 0 atom stereocenters. The lowest BCUT2D eigenvalue weighted by Gasteiger charge is -2.16. The smallest absolute Gasteiger partial charge is 0.167 e. The van der Waals surface area contributed by atoms with Crippen molar-refractivity contribution in [1.29, 1.82) is 0 Å². The van der Waals surface area contributed by atoms with Crippen LogP contribution < -0.4 is 0 Å². The van der Waals surface area contributed by atoms with E-state index >= 15 is 0 Å². The first-order valence-corrected chi connectivity index (χ1v) is 21.4. The van der Waals surface area contributed by atoms with Crippen molar-refractivity contribution >= 4 is 66.5 Å². The van der Waals surface area contributed by atoms with E-state index in [0.717, 1.165) is 84.9 Å². The van der Waals surface area contributed by atoms with Crippen LogP contribution in [0.2, 0.25) is 0 Å². The van der Waals surface area contributed by atoms with E-state index in [1.54, 1.807) is 0 Å². The van der Waals surface area contributed by atoms with Crippen LogP contribution in [0.1, 0.15) is 17.7 Å². The minimum Gasteiger partial charge on any atom is -0.460 e. The van der Waals surface area contributed by atoms with Gasteiger partial charge in [0.1, 0.15) is 22.5 Å². The molecular weight excluding hydrogens is 773 g/mol. The van der Waals surface area contributed by atoms with Gasteiger partial charge in [-0.25, -0.2) is 15.0 Å². The molecule has 6 heteroatoms. The largest absolute Gasteiger partial charge is 0.460 e. The first-order chi connectivity index (χ1) is 31.2. The van der Waals surface area contributed by atoms with E-state index in [9.17, 15) is 0 Å². The molecule has 13 rings (SSSR count). The van der Waals surface area contributed by atoms with E-state index in [4.69, 9.17) is 23.8 Å². The maximum absolute atomic E-state index is 6.78. The SMILES string of the molecule is C1=C(n2c3ccccc3c3cc(-c4ccc(-c5cccc6c5oc5ccccc56)cc4)ccc32)CCc2oc3c(-c4nc(-c5ccccc5)nc(-c5ccccc5)n4)cccc3c21. The Kier molecular flexibility index (Phi) is 7.93. The first-order valence-electron chi connectivity index (χ1n) is 21.4. The third kappa shape index (κ3) is 5.76. The predicted octanol–water partition coefficient (Wildman–Crippen LogP) is 14.9. The van der Waals surface area contributed by atoms with Crippen LogP contribution in [0.15, 0.2) is 197 Å². The van der Waals surface area contributed by atoms with Gasteiger partial charge in [-0.15, -0.1) is 0 Å². The fourth-order valence-electron chi connectivity index (χ4n) is 9.57. The van der Waals surface area contributed by atoms with Crippen molar-refractivity contribution in [2.24, 2.45) is 0 Å². The van der Waals surface area contributed by atoms with E-state index < -0.39 is 0 Å². The minimum absolute atomic E-state index is 0.583. The van der Waals surface area contributed by atoms with Gasteiger partial charge in [0.15, 0.2) is 17.5 Å². The van der Waals surface area contributed by atoms with Gasteiger partial charge in [-0.05, 0) is 59.5 Å². The van der Waals surface area contributed by atoms with Gasteiger partial charge < -0.3 is 13.4 Å². The summed E-state index contributed by atoms with van der Waals surface area (Å²) in [6, 6.07) is 65.6. The normalized spacial score (nSPS) is 12.7. The molecule has 4 aromatic heterocycles. The van der Waals surface area contributed by atoms with E-state index in [0.29, 0.717) is 17.5 Å². The maximum Gasteiger partial charge on any atom is 0.167 e. The summed E-state index contributed by atoms with van der Waals surface area (Å²) in [5.74, 6) is 2.81. The molecule has 0 bridgehead atoms. The van der Waals surface area contributed by atoms with Crippen molar-refractivity contribution in [3.8, 4) is 56.4 Å². The van der Waals surface area contributed by atoms with Crippen molar-refractivity contribution in [3.63, 3.8) is 0 Å². The van der Waals surface area contributed by atoms with Crippen molar-refractivity contribution in [2.45, 2.75) is 12.8 Å². The van der Waals surface area contributed by atoms with Crippen LogP contribution >= 0.6 is 0 Å². The molecule has 0 saturated heterocycles. The molecule has 1 aliphatic rings. The minimum atomic E-state index is 0.583. The second-order valence-corrected chi connectivity index (χ2v) is 16.2. The maximum atomic E-state index is 6.78. The molecule has 0 saturated carbocycles. The molecule has 63 heavy (non-hydrogen) atoms. The summed E-state index contributed by atoms with van der Waals surface area (Å²) in [6.45, 7) is 0. The molecule has 8 aromatic carbocycles. The summed E-state index contributed by atoms with van der Waals surface area (Å²) >= 11 is 0. The van der Waals surface area contributed by atoms with Crippen LogP contribution in [-0.4, -0.2) is 19.5 Å². The average molecular weight is 809 g/mol. The number of para-hydroxylation sites is 4. The Bertz CT molecular complexity index is 3720. The van der Waals surface area contributed by atoms with Gasteiger partial charge in [0.25, 0.3) is 0 Å². The van der Waals surface area contributed by atoms with Gasteiger partial charge in [-0.2, -0.15) is 0 Å². The molecule has 296 valence electrons. The number of nitrogens with zero attached hydrogens (tertiary/aromatic N) is 4. The number of benzene rings is 8. The highest BCUT2D eigenvalue weighted by Gasteiger charge is 2.25. The zero-order chi connectivity index (χ0) is 41.4. The number of furan rings is 2. The fraction of sp³-hybridized carbons (Fsp3) is 0.0351. The molecular formula is C57H36N4O2. The van der Waals surface area contributed by atoms with Crippen LogP contribution in [-0.2, 0) is 6.42 Å². The Morgan fingerprint density at radius 1 is 0.381 bits per heavy atom. The molecule has 12 aromatic rings. The van der Waals surface area contributed by atoms with Crippen molar-refractivity contribution in [1.82, 2.24) is 19.5 Å².